The summed E-state index contributed by atoms with van der Waals surface area (Å²) in [5.41, 5.74) is 6.38. The van der Waals surface area contributed by atoms with Crippen LogP contribution in [-0.4, -0.2) is 36.7 Å². The molecule has 2 N–H and O–H groups in total. The zero-order valence-corrected chi connectivity index (χ0v) is 19.5. The molecule has 2 heterocycles. The van der Waals surface area contributed by atoms with Crippen molar-refractivity contribution in [2.75, 3.05) is 18.5 Å². The monoisotopic (exact) mass is 478 g/mol. The van der Waals surface area contributed by atoms with Crippen LogP contribution in [0.3, 0.4) is 0 Å². The van der Waals surface area contributed by atoms with Gasteiger partial charge in [0.1, 0.15) is 5.52 Å². The van der Waals surface area contributed by atoms with Crippen LogP contribution in [0.25, 0.3) is 10.2 Å². The molecule has 0 bridgehead atoms. The van der Waals surface area contributed by atoms with Gasteiger partial charge in [-0.05, 0) is 54.7 Å². The molecule has 3 aromatic rings. The average Bonchev–Trinajstić information content (AvgIpc) is 3.16. The van der Waals surface area contributed by atoms with Crippen molar-refractivity contribution in [2.45, 2.75) is 25.2 Å². The number of para-hydroxylation sites is 1. The van der Waals surface area contributed by atoms with Crippen molar-refractivity contribution in [3.63, 3.8) is 0 Å². The second kappa shape index (κ2) is 8.74. The van der Waals surface area contributed by atoms with Gasteiger partial charge in [-0.15, -0.1) is 0 Å². The number of aromatic nitrogens is 1. The van der Waals surface area contributed by atoms with Gasteiger partial charge in [0.15, 0.2) is 0 Å². The maximum Gasteiger partial charge on any atom is 0.269 e. The van der Waals surface area contributed by atoms with Crippen molar-refractivity contribution in [1.29, 1.82) is 0 Å². The third-order valence-electron chi connectivity index (χ3n) is 5.24. The first-order valence-corrected chi connectivity index (χ1v) is 12.6. The highest BCUT2D eigenvalue weighted by molar-refractivity contribution is 7.89. The molecule has 31 heavy (non-hydrogen) atoms. The fourth-order valence-corrected chi connectivity index (χ4v) is 6.68. The lowest BCUT2D eigenvalue weighted by molar-refractivity contribution is 0.0962. The van der Waals surface area contributed by atoms with Gasteiger partial charge < -0.3 is 0 Å². The lowest BCUT2D eigenvalue weighted by Crippen LogP contribution is -2.42. The molecule has 1 aromatic heterocycles. The summed E-state index contributed by atoms with van der Waals surface area (Å²) in [6.45, 7) is 5.17. The first kappa shape index (κ1) is 22.0. The van der Waals surface area contributed by atoms with E-state index in [0.717, 1.165) is 11.1 Å². The second-order valence-electron chi connectivity index (χ2n) is 7.98. The van der Waals surface area contributed by atoms with E-state index in [9.17, 15) is 13.2 Å². The van der Waals surface area contributed by atoms with Crippen molar-refractivity contribution in [3.8, 4) is 0 Å². The molecule has 10 heteroatoms. The fraction of sp³-hybridized carbons (Fsp3) is 0.333. The largest absolute Gasteiger partial charge is 0.273 e. The van der Waals surface area contributed by atoms with Gasteiger partial charge in [0, 0.05) is 18.7 Å². The fourth-order valence-electron chi connectivity index (χ4n) is 3.88. The summed E-state index contributed by atoms with van der Waals surface area (Å²) < 4.78 is 28.4. The number of anilines is 1. The van der Waals surface area contributed by atoms with Gasteiger partial charge in [-0.1, -0.05) is 42.9 Å². The SMILES string of the molecule is CC1CC(C)CN(S(=O)(=O)c2ccc(C(=O)NNc3nc4c(Cl)cccc4s3)cc2)C1. The lowest BCUT2D eigenvalue weighted by Gasteiger charge is -2.34. The van der Waals surface area contributed by atoms with Crippen LogP contribution in [0.4, 0.5) is 5.13 Å². The summed E-state index contributed by atoms with van der Waals surface area (Å²) in [6.07, 6.45) is 1.03. The molecule has 0 aliphatic carbocycles. The Morgan fingerprint density at radius 2 is 1.81 bits per heavy atom. The molecule has 164 valence electrons. The van der Waals surface area contributed by atoms with Gasteiger partial charge >= 0.3 is 0 Å². The lowest BCUT2D eigenvalue weighted by atomic mass is 9.94. The van der Waals surface area contributed by atoms with Crippen LogP contribution < -0.4 is 10.9 Å². The molecular weight excluding hydrogens is 456 g/mol. The third-order valence-corrected chi connectivity index (χ3v) is 8.33. The number of nitrogens with one attached hydrogen (secondary N) is 2. The Kier molecular flexibility index (Phi) is 6.20. The molecule has 1 aliphatic rings. The van der Waals surface area contributed by atoms with Gasteiger partial charge in [0.2, 0.25) is 15.2 Å². The number of fused-ring (bicyclic) bond motifs is 1. The minimum atomic E-state index is -3.58. The molecule has 2 unspecified atom stereocenters. The number of sulfonamides is 1. The van der Waals surface area contributed by atoms with Crippen molar-refractivity contribution in [1.82, 2.24) is 14.7 Å². The maximum absolute atomic E-state index is 13.0. The first-order valence-electron chi connectivity index (χ1n) is 9.95. The summed E-state index contributed by atoms with van der Waals surface area (Å²) in [4.78, 5) is 17.0. The zero-order valence-electron chi connectivity index (χ0n) is 17.1. The van der Waals surface area contributed by atoms with Crippen LogP contribution in [0.15, 0.2) is 47.4 Å². The van der Waals surface area contributed by atoms with Crippen LogP contribution in [0.5, 0.6) is 0 Å². The van der Waals surface area contributed by atoms with Gasteiger partial charge in [-0.2, -0.15) is 4.31 Å². The molecule has 1 amide bonds. The Labute approximate surface area is 190 Å². The summed E-state index contributed by atoms with van der Waals surface area (Å²) in [6, 6.07) is 11.5. The van der Waals surface area contributed by atoms with E-state index in [1.54, 1.807) is 10.4 Å². The number of hydrazine groups is 1. The van der Waals surface area contributed by atoms with Crippen LogP contribution >= 0.6 is 22.9 Å². The van der Waals surface area contributed by atoms with E-state index in [-0.39, 0.29) is 4.90 Å². The van der Waals surface area contributed by atoms with Gasteiger partial charge in [0.25, 0.3) is 5.91 Å². The highest BCUT2D eigenvalue weighted by atomic mass is 35.5. The first-order chi connectivity index (χ1) is 14.7. The molecular formula is C21H23ClN4O3S2. The Morgan fingerprint density at radius 3 is 2.45 bits per heavy atom. The van der Waals surface area contributed by atoms with Crippen LogP contribution in [-0.2, 0) is 10.0 Å². The number of carbonyl (C=O) groups is 1. The number of thiazole rings is 1. The number of amides is 1. The summed E-state index contributed by atoms with van der Waals surface area (Å²) in [5.74, 6) is 0.258. The van der Waals surface area contributed by atoms with E-state index < -0.39 is 15.9 Å². The van der Waals surface area contributed by atoms with E-state index in [1.807, 2.05) is 12.1 Å². The standard InChI is InChI=1S/C21H23ClN4O3S2/c1-13-10-14(2)12-26(11-13)31(28,29)16-8-6-15(7-9-16)20(27)24-25-21-23-19-17(22)4-3-5-18(19)30-21/h3-9,13-14H,10-12H2,1-2H3,(H,23,25)(H,24,27). The Bertz CT molecular complexity index is 1200. The van der Waals surface area contributed by atoms with Gasteiger partial charge in [-0.3, -0.25) is 15.6 Å². The number of nitrogens with zero attached hydrogens (tertiary/aromatic N) is 2. The smallest absolute Gasteiger partial charge is 0.269 e. The molecule has 2 atom stereocenters. The molecule has 1 saturated heterocycles. The zero-order chi connectivity index (χ0) is 22.2. The minimum absolute atomic E-state index is 0.194. The molecule has 0 spiro atoms. The molecule has 7 nitrogen and oxygen atoms in total. The quantitative estimate of drug-likeness (QED) is 0.531. The van der Waals surface area contributed by atoms with Gasteiger partial charge in [0.05, 0.1) is 14.6 Å². The van der Waals surface area contributed by atoms with E-state index in [1.165, 1.54) is 35.6 Å². The molecule has 1 fully saturated rings. The van der Waals surface area contributed by atoms with E-state index in [2.05, 4.69) is 29.7 Å². The predicted molar refractivity (Wildman–Crippen MR) is 124 cm³/mol. The van der Waals surface area contributed by atoms with Crippen molar-refractivity contribution in [2.24, 2.45) is 11.8 Å². The second-order valence-corrected chi connectivity index (χ2v) is 11.4. The molecule has 4 rings (SSSR count). The Morgan fingerprint density at radius 1 is 1.13 bits per heavy atom. The van der Waals surface area contributed by atoms with Crippen LogP contribution in [0.1, 0.15) is 30.6 Å². The normalized spacial score (nSPS) is 20.0. The Hall–Kier alpha value is -2.20. The number of benzene rings is 2. The summed E-state index contributed by atoms with van der Waals surface area (Å²) in [7, 11) is -3.58. The minimum Gasteiger partial charge on any atom is -0.273 e. The number of piperidine rings is 1. The maximum atomic E-state index is 13.0. The number of hydrogen-bond donors (Lipinski definition) is 2. The van der Waals surface area contributed by atoms with E-state index in [0.29, 0.717) is 46.2 Å². The van der Waals surface area contributed by atoms with Crippen molar-refractivity contribution < 1.29 is 13.2 Å². The van der Waals surface area contributed by atoms with Crippen LogP contribution in [0, 0.1) is 11.8 Å². The predicted octanol–water partition coefficient (Wildman–Crippen LogP) is 4.37. The summed E-state index contributed by atoms with van der Waals surface area (Å²) in [5, 5.41) is 1.05. The topological polar surface area (TPSA) is 91.4 Å². The Balaban J connectivity index is 1.43. The number of rotatable bonds is 5. The van der Waals surface area contributed by atoms with E-state index >= 15 is 0 Å². The molecule has 0 radical (unpaired) electrons. The number of carbonyl (C=O) groups excluding carboxylic acids is 1. The van der Waals surface area contributed by atoms with Crippen LogP contribution in [0.2, 0.25) is 5.02 Å². The third kappa shape index (κ3) is 4.69. The highest BCUT2D eigenvalue weighted by Gasteiger charge is 2.31. The molecule has 0 saturated carbocycles. The van der Waals surface area contributed by atoms with Crippen molar-refractivity contribution in [3.05, 3.63) is 53.1 Å². The molecule has 1 aliphatic heterocycles. The van der Waals surface area contributed by atoms with Gasteiger partial charge in [-0.25, -0.2) is 13.4 Å². The number of halogens is 1. The number of hydrogen-bond acceptors (Lipinski definition) is 6. The van der Waals surface area contributed by atoms with E-state index in [4.69, 9.17) is 11.6 Å². The average molecular weight is 479 g/mol. The molecule has 2 aromatic carbocycles. The van der Waals surface area contributed by atoms with Crippen molar-refractivity contribution >= 4 is 54.2 Å². The highest BCUT2D eigenvalue weighted by Crippen LogP contribution is 2.30. The summed E-state index contributed by atoms with van der Waals surface area (Å²) >= 11 is 7.49.